The van der Waals surface area contributed by atoms with Gasteiger partial charge < -0.3 is 15.1 Å². The fourth-order valence-corrected chi connectivity index (χ4v) is 3.44. The van der Waals surface area contributed by atoms with E-state index in [1.165, 1.54) is 32.0 Å². The highest BCUT2D eigenvalue weighted by Gasteiger charge is 2.39. The molecular formula is C13H23N5. The molecule has 1 aromatic rings. The molecule has 2 aliphatic rings. The second-order valence-corrected chi connectivity index (χ2v) is 5.69. The number of anilines is 2. The first kappa shape index (κ1) is 11.8. The number of hydrogen-bond donors (Lipinski definition) is 1. The van der Waals surface area contributed by atoms with Crippen molar-refractivity contribution in [2.24, 2.45) is 18.9 Å². The Morgan fingerprint density at radius 3 is 2.50 bits per heavy atom. The van der Waals surface area contributed by atoms with Gasteiger partial charge in [-0.1, -0.05) is 0 Å². The zero-order valence-electron chi connectivity index (χ0n) is 11.6. The van der Waals surface area contributed by atoms with Crippen molar-refractivity contribution in [3.05, 3.63) is 6.07 Å². The van der Waals surface area contributed by atoms with Crippen molar-refractivity contribution < 1.29 is 0 Å². The minimum Gasteiger partial charge on any atom is -0.369 e. The summed E-state index contributed by atoms with van der Waals surface area (Å²) in [6.07, 6.45) is 0. The van der Waals surface area contributed by atoms with Crippen LogP contribution in [0, 0.1) is 11.8 Å². The number of fused-ring (bicyclic) bond motifs is 1. The normalized spacial score (nSPS) is 27.8. The van der Waals surface area contributed by atoms with Crippen molar-refractivity contribution in [2.45, 2.75) is 6.92 Å². The Hall–Kier alpha value is -1.23. The molecular weight excluding hydrogens is 226 g/mol. The standard InChI is InChI=1S/C13H23N5/c1-4-14-12-5-13(17(3)15-12)18-8-10-6-16(2)7-11(10)9-18/h5,10-11H,4,6-9H2,1-3H3,(H,14,15)/t10-,11?/m1/s1. The van der Waals surface area contributed by atoms with Gasteiger partial charge >= 0.3 is 0 Å². The summed E-state index contributed by atoms with van der Waals surface area (Å²) in [6.45, 7) is 7.88. The molecule has 3 heterocycles. The van der Waals surface area contributed by atoms with Crippen LogP contribution in [0.4, 0.5) is 11.6 Å². The van der Waals surface area contributed by atoms with Crippen LogP contribution < -0.4 is 10.2 Å². The summed E-state index contributed by atoms with van der Waals surface area (Å²) < 4.78 is 2.00. The Kier molecular flexibility index (Phi) is 2.93. The van der Waals surface area contributed by atoms with Gasteiger partial charge in [-0.25, -0.2) is 0 Å². The van der Waals surface area contributed by atoms with Crippen LogP contribution in [0.3, 0.4) is 0 Å². The van der Waals surface area contributed by atoms with Crippen molar-refractivity contribution in [1.29, 1.82) is 0 Å². The van der Waals surface area contributed by atoms with Crippen LogP contribution in [-0.4, -0.2) is 54.5 Å². The number of hydrogen-bond acceptors (Lipinski definition) is 4. The molecule has 2 saturated heterocycles. The zero-order chi connectivity index (χ0) is 12.7. The lowest BCUT2D eigenvalue weighted by Crippen LogP contribution is -2.27. The molecule has 3 rings (SSSR count). The topological polar surface area (TPSA) is 36.3 Å². The molecule has 5 nitrogen and oxygen atoms in total. The molecule has 0 radical (unpaired) electrons. The molecule has 0 aliphatic carbocycles. The van der Waals surface area contributed by atoms with Crippen molar-refractivity contribution in [2.75, 3.05) is 50.0 Å². The lowest BCUT2D eigenvalue weighted by molar-refractivity contribution is 0.386. The van der Waals surface area contributed by atoms with E-state index in [-0.39, 0.29) is 0 Å². The zero-order valence-corrected chi connectivity index (χ0v) is 11.6. The summed E-state index contributed by atoms with van der Waals surface area (Å²) in [5.74, 6) is 3.92. The van der Waals surface area contributed by atoms with Crippen molar-refractivity contribution in [3.63, 3.8) is 0 Å². The average molecular weight is 249 g/mol. The minimum absolute atomic E-state index is 0.840. The Morgan fingerprint density at radius 1 is 1.22 bits per heavy atom. The van der Waals surface area contributed by atoms with Gasteiger partial charge in [-0.3, -0.25) is 4.68 Å². The quantitative estimate of drug-likeness (QED) is 0.861. The average Bonchev–Trinajstić information content (AvgIpc) is 2.91. The summed E-state index contributed by atoms with van der Waals surface area (Å²) in [5.41, 5.74) is 0. The highest BCUT2D eigenvalue weighted by molar-refractivity contribution is 5.51. The number of likely N-dealkylation sites (tertiary alicyclic amines) is 1. The predicted octanol–water partition coefficient (Wildman–Crippen LogP) is 0.850. The molecule has 100 valence electrons. The molecule has 5 heteroatoms. The van der Waals surface area contributed by atoms with Crippen LogP contribution >= 0.6 is 0 Å². The first-order valence-corrected chi connectivity index (χ1v) is 6.88. The monoisotopic (exact) mass is 249 g/mol. The highest BCUT2D eigenvalue weighted by atomic mass is 15.4. The molecule has 0 bridgehead atoms. The maximum atomic E-state index is 4.51. The fraction of sp³-hybridized carbons (Fsp3) is 0.769. The first-order chi connectivity index (χ1) is 8.67. The Balaban J connectivity index is 1.73. The Bertz CT molecular complexity index is 413. The SMILES string of the molecule is CCNc1cc(N2CC3CN(C)C[C@@H]3C2)n(C)n1. The van der Waals surface area contributed by atoms with E-state index >= 15 is 0 Å². The van der Waals surface area contributed by atoms with Crippen LogP contribution in [0.1, 0.15) is 6.92 Å². The molecule has 0 spiro atoms. The molecule has 1 N–H and O–H groups in total. The minimum atomic E-state index is 0.840. The van der Waals surface area contributed by atoms with Crippen LogP contribution in [0.15, 0.2) is 6.07 Å². The second kappa shape index (κ2) is 4.46. The van der Waals surface area contributed by atoms with Gasteiger partial charge in [0.2, 0.25) is 0 Å². The maximum Gasteiger partial charge on any atom is 0.150 e. The Labute approximate surface area is 109 Å². The van der Waals surface area contributed by atoms with Gasteiger partial charge in [0.1, 0.15) is 11.6 Å². The third-order valence-electron chi connectivity index (χ3n) is 4.21. The molecule has 0 saturated carbocycles. The van der Waals surface area contributed by atoms with E-state index in [0.717, 1.165) is 24.2 Å². The first-order valence-electron chi connectivity index (χ1n) is 6.88. The number of nitrogens with one attached hydrogen (secondary N) is 1. The number of nitrogens with zero attached hydrogens (tertiary/aromatic N) is 4. The molecule has 1 unspecified atom stereocenters. The van der Waals surface area contributed by atoms with Crippen LogP contribution in [-0.2, 0) is 7.05 Å². The molecule has 0 aromatic carbocycles. The van der Waals surface area contributed by atoms with Crippen LogP contribution in [0.5, 0.6) is 0 Å². The van der Waals surface area contributed by atoms with Crippen LogP contribution in [0.2, 0.25) is 0 Å². The smallest absolute Gasteiger partial charge is 0.150 e. The lowest BCUT2D eigenvalue weighted by atomic mass is 10.0. The van der Waals surface area contributed by atoms with Crippen molar-refractivity contribution in [1.82, 2.24) is 14.7 Å². The van der Waals surface area contributed by atoms with Crippen LogP contribution in [0.25, 0.3) is 0 Å². The van der Waals surface area contributed by atoms with E-state index in [0.29, 0.717) is 0 Å². The third-order valence-corrected chi connectivity index (χ3v) is 4.21. The van der Waals surface area contributed by atoms with Crippen molar-refractivity contribution in [3.8, 4) is 0 Å². The van der Waals surface area contributed by atoms with E-state index in [1.54, 1.807) is 0 Å². The van der Waals surface area contributed by atoms with E-state index < -0.39 is 0 Å². The molecule has 0 amide bonds. The largest absolute Gasteiger partial charge is 0.369 e. The van der Waals surface area contributed by atoms with E-state index in [2.05, 4.69) is 40.3 Å². The van der Waals surface area contributed by atoms with Gasteiger partial charge in [-0.2, -0.15) is 5.10 Å². The second-order valence-electron chi connectivity index (χ2n) is 5.69. The third kappa shape index (κ3) is 1.96. The summed E-state index contributed by atoms with van der Waals surface area (Å²) in [4.78, 5) is 4.95. The van der Waals surface area contributed by atoms with E-state index in [4.69, 9.17) is 0 Å². The van der Waals surface area contributed by atoms with Gasteiger partial charge in [0.25, 0.3) is 0 Å². The van der Waals surface area contributed by atoms with Gasteiger partial charge in [0.15, 0.2) is 0 Å². The fourth-order valence-electron chi connectivity index (χ4n) is 3.44. The van der Waals surface area contributed by atoms with E-state index in [1.807, 2.05) is 11.7 Å². The molecule has 18 heavy (non-hydrogen) atoms. The van der Waals surface area contributed by atoms with Crippen molar-refractivity contribution >= 4 is 11.6 Å². The maximum absolute atomic E-state index is 4.51. The summed E-state index contributed by atoms with van der Waals surface area (Å²) in [5, 5.41) is 7.79. The van der Waals surface area contributed by atoms with Gasteiger partial charge in [0.05, 0.1) is 0 Å². The molecule has 2 fully saturated rings. The highest BCUT2D eigenvalue weighted by Crippen LogP contribution is 2.33. The van der Waals surface area contributed by atoms with Gasteiger partial charge in [0, 0.05) is 45.8 Å². The number of rotatable bonds is 3. The molecule has 2 aliphatic heterocycles. The van der Waals surface area contributed by atoms with Gasteiger partial charge in [-0.05, 0) is 25.8 Å². The lowest BCUT2D eigenvalue weighted by Gasteiger charge is -2.20. The Morgan fingerprint density at radius 2 is 1.89 bits per heavy atom. The predicted molar refractivity (Wildman–Crippen MR) is 74.1 cm³/mol. The molecule has 1 aromatic heterocycles. The summed E-state index contributed by atoms with van der Waals surface area (Å²) >= 11 is 0. The number of aryl methyl sites for hydroxylation is 1. The molecule has 2 atom stereocenters. The number of aromatic nitrogens is 2. The summed E-state index contributed by atoms with van der Waals surface area (Å²) in [6, 6.07) is 2.17. The summed E-state index contributed by atoms with van der Waals surface area (Å²) in [7, 11) is 4.27. The van der Waals surface area contributed by atoms with Gasteiger partial charge in [-0.15, -0.1) is 0 Å². The van der Waals surface area contributed by atoms with E-state index in [9.17, 15) is 0 Å².